The molecule has 3 rings (SSSR count). The lowest BCUT2D eigenvalue weighted by molar-refractivity contribution is -0.116. The van der Waals surface area contributed by atoms with E-state index in [1.807, 2.05) is 38.1 Å². The molecule has 0 aliphatic carbocycles. The number of hydrogen-bond donors (Lipinski definition) is 2. The Morgan fingerprint density at radius 1 is 1.24 bits per heavy atom. The molecule has 0 saturated heterocycles. The van der Waals surface area contributed by atoms with Crippen LogP contribution in [0.3, 0.4) is 0 Å². The summed E-state index contributed by atoms with van der Waals surface area (Å²) in [6.45, 7) is 3.83. The number of aliphatic hydroxyl groups excluding tert-OH is 1. The summed E-state index contributed by atoms with van der Waals surface area (Å²) in [5.74, 6) is -0.313. The van der Waals surface area contributed by atoms with Crippen LogP contribution in [0, 0.1) is 6.92 Å². The third kappa shape index (κ3) is 2.43. The van der Waals surface area contributed by atoms with Crippen LogP contribution in [0.5, 0.6) is 0 Å². The number of nitrogens with one attached hydrogen (secondary N) is 1. The fourth-order valence-electron chi connectivity index (χ4n) is 2.65. The number of carbonyl (C=O) groups excluding carboxylic acids is 1. The van der Waals surface area contributed by atoms with Crippen molar-refractivity contribution in [1.29, 1.82) is 0 Å². The molecule has 2 aromatic carbocycles. The maximum absolute atomic E-state index is 11.9. The number of fused-ring (bicyclic) bond motifs is 1. The van der Waals surface area contributed by atoms with E-state index in [1.165, 1.54) is 0 Å². The third-order valence-corrected chi connectivity index (χ3v) is 4.18. The summed E-state index contributed by atoms with van der Waals surface area (Å²) in [7, 11) is 0. The van der Waals surface area contributed by atoms with Gasteiger partial charge in [-0.1, -0.05) is 41.4 Å². The summed E-state index contributed by atoms with van der Waals surface area (Å²) in [5, 5.41) is 14.0. The van der Waals surface area contributed by atoms with Crippen molar-refractivity contribution in [2.75, 3.05) is 5.32 Å². The predicted octanol–water partition coefficient (Wildman–Crippen LogP) is 3.79. The highest BCUT2D eigenvalue weighted by atomic mass is 35.5. The van der Waals surface area contributed by atoms with Gasteiger partial charge < -0.3 is 10.4 Å². The van der Waals surface area contributed by atoms with E-state index >= 15 is 0 Å². The molecule has 0 bridgehead atoms. The molecule has 1 aliphatic heterocycles. The summed E-state index contributed by atoms with van der Waals surface area (Å²) in [4.78, 5) is 11.9. The Hall–Kier alpha value is -1.84. The number of benzene rings is 2. The van der Waals surface area contributed by atoms with Gasteiger partial charge >= 0.3 is 0 Å². The Bertz CT molecular complexity index is 709. The number of rotatable bonds is 2. The average molecular weight is 302 g/mol. The molecule has 2 N–H and O–H groups in total. The van der Waals surface area contributed by atoms with Crippen molar-refractivity contribution >= 4 is 23.2 Å². The number of halogens is 1. The average Bonchev–Trinajstić information content (AvgIpc) is 2.74. The summed E-state index contributed by atoms with van der Waals surface area (Å²) in [6, 6.07) is 11.2. The van der Waals surface area contributed by atoms with Gasteiger partial charge in [-0.05, 0) is 37.1 Å². The first kappa shape index (κ1) is 14.1. The molecule has 0 saturated carbocycles. The number of aliphatic hydroxyl groups is 1. The number of aryl methyl sites for hydroxylation is 1. The van der Waals surface area contributed by atoms with Crippen molar-refractivity contribution in [3.63, 3.8) is 0 Å². The first-order valence-corrected chi connectivity index (χ1v) is 7.24. The Morgan fingerprint density at radius 3 is 2.57 bits per heavy atom. The van der Waals surface area contributed by atoms with E-state index in [1.54, 1.807) is 12.1 Å². The lowest BCUT2D eigenvalue weighted by atomic mass is 9.94. The Kier molecular flexibility index (Phi) is 3.47. The summed E-state index contributed by atoms with van der Waals surface area (Å²) in [6.07, 6.45) is -0.816. The smallest absolute Gasteiger partial charge is 0.231 e. The molecule has 0 fully saturated rings. The van der Waals surface area contributed by atoms with Crippen LogP contribution in [0.25, 0.3) is 0 Å². The number of hydrogen-bond acceptors (Lipinski definition) is 2. The van der Waals surface area contributed by atoms with Gasteiger partial charge in [-0.3, -0.25) is 4.79 Å². The molecule has 2 unspecified atom stereocenters. The van der Waals surface area contributed by atoms with Gasteiger partial charge in [0.15, 0.2) is 0 Å². The van der Waals surface area contributed by atoms with Crippen LogP contribution in [-0.4, -0.2) is 11.0 Å². The predicted molar refractivity (Wildman–Crippen MR) is 83.7 cm³/mol. The standard InChI is InChI=1S/C17H16ClNO2/c1-9-3-5-11(6-4-9)16(20)14-8-12(18)7-13-10(2)17(21)19-15(13)14/h3-8,10,16,20H,1-2H3,(H,19,21). The maximum Gasteiger partial charge on any atom is 0.231 e. The summed E-state index contributed by atoms with van der Waals surface area (Å²) in [5.41, 5.74) is 4.07. The van der Waals surface area contributed by atoms with Gasteiger partial charge in [-0.25, -0.2) is 0 Å². The molecule has 0 aromatic heterocycles. The molecule has 108 valence electrons. The van der Waals surface area contributed by atoms with Gasteiger partial charge in [0.2, 0.25) is 5.91 Å². The highest BCUT2D eigenvalue weighted by Crippen LogP contribution is 2.41. The SMILES string of the molecule is Cc1ccc(C(O)c2cc(Cl)cc3c2NC(=O)C3C)cc1. The van der Waals surface area contributed by atoms with Gasteiger partial charge in [-0.15, -0.1) is 0 Å². The quantitative estimate of drug-likeness (QED) is 0.886. The minimum absolute atomic E-state index is 0.0652. The minimum Gasteiger partial charge on any atom is -0.384 e. The lowest BCUT2D eigenvalue weighted by Crippen LogP contribution is -2.09. The fourth-order valence-corrected chi connectivity index (χ4v) is 2.89. The van der Waals surface area contributed by atoms with E-state index in [9.17, 15) is 9.90 Å². The van der Waals surface area contributed by atoms with Gasteiger partial charge in [0.1, 0.15) is 6.10 Å². The van der Waals surface area contributed by atoms with Crippen molar-refractivity contribution in [3.8, 4) is 0 Å². The van der Waals surface area contributed by atoms with Crippen molar-refractivity contribution in [2.24, 2.45) is 0 Å². The molecule has 4 heteroatoms. The number of carbonyl (C=O) groups is 1. The first-order valence-electron chi connectivity index (χ1n) is 6.86. The molecule has 1 aliphatic rings. The second-order valence-corrected chi connectivity index (χ2v) is 5.92. The van der Waals surface area contributed by atoms with Crippen LogP contribution in [0.1, 0.15) is 41.2 Å². The van der Waals surface area contributed by atoms with Crippen LogP contribution >= 0.6 is 11.6 Å². The van der Waals surface area contributed by atoms with Crippen molar-refractivity contribution in [3.05, 3.63) is 63.7 Å². The minimum atomic E-state index is -0.816. The van der Waals surface area contributed by atoms with Crippen molar-refractivity contribution in [1.82, 2.24) is 0 Å². The normalized spacial score (nSPS) is 18.3. The summed E-state index contributed by atoms with van der Waals surface area (Å²) < 4.78 is 0. The molecular weight excluding hydrogens is 286 g/mol. The van der Waals surface area contributed by atoms with Crippen LogP contribution < -0.4 is 5.32 Å². The Labute approximate surface area is 128 Å². The van der Waals surface area contributed by atoms with Gasteiger partial charge in [0.25, 0.3) is 0 Å². The number of amides is 1. The van der Waals surface area contributed by atoms with Crippen LogP contribution in [0.2, 0.25) is 5.02 Å². The molecular formula is C17H16ClNO2. The highest BCUT2D eigenvalue weighted by Gasteiger charge is 2.31. The topological polar surface area (TPSA) is 49.3 Å². The lowest BCUT2D eigenvalue weighted by Gasteiger charge is -2.16. The zero-order valence-corrected chi connectivity index (χ0v) is 12.6. The monoisotopic (exact) mass is 301 g/mol. The zero-order chi connectivity index (χ0) is 15.1. The molecule has 1 heterocycles. The van der Waals surface area contributed by atoms with Gasteiger partial charge in [0.05, 0.1) is 11.6 Å². The van der Waals surface area contributed by atoms with E-state index in [2.05, 4.69) is 5.32 Å². The second-order valence-electron chi connectivity index (χ2n) is 5.48. The second kappa shape index (κ2) is 5.17. The van der Waals surface area contributed by atoms with Gasteiger partial charge in [0, 0.05) is 10.6 Å². The van der Waals surface area contributed by atoms with Gasteiger partial charge in [-0.2, -0.15) is 0 Å². The van der Waals surface area contributed by atoms with E-state index in [4.69, 9.17) is 11.6 Å². The summed E-state index contributed by atoms with van der Waals surface area (Å²) >= 11 is 6.15. The van der Waals surface area contributed by atoms with E-state index in [-0.39, 0.29) is 11.8 Å². The highest BCUT2D eigenvalue weighted by molar-refractivity contribution is 6.31. The molecule has 21 heavy (non-hydrogen) atoms. The number of anilines is 1. The third-order valence-electron chi connectivity index (χ3n) is 3.96. The molecule has 2 aromatic rings. The Morgan fingerprint density at radius 2 is 1.90 bits per heavy atom. The van der Waals surface area contributed by atoms with Crippen LogP contribution in [0.4, 0.5) is 5.69 Å². The zero-order valence-electron chi connectivity index (χ0n) is 11.9. The molecule has 0 radical (unpaired) electrons. The molecule has 2 atom stereocenters. The fraction of sp³-hybridized carbons (Fsp3) is 0.235. The molecule has 3 nitrogen and oxygen atoms in total. The first-order chi connectivity index (χ1) is 9.97. The maximum atomic E-state index is 11.9. The van der Waals surface area contributed by atoms with E-state index in [0.717, 1.165) is 16.7 Å². The van der Waals surface area contributed by atoms with E-state index < -0.39 is 6.10 Å². The van der Waals surface area contributed by atoms with Crippen LogP contribution in [-0.2, 0) is 4.79 Å². The Balaban J connectivity index is 2.09. The van der Waals surface area contributed by atoms with Crippen molar-refractivity contribution in [2.45, 2.75) is 25.9 Å². The molecule has 1 amide bonds. The van der Waals surface area contributed by atoms with E-state index in [0.29, 0.717) is 16.3 Å². The molecule has 0 spiro atoms. The van der Waals surface area contributed by atoms with Crippen molar-refractivity contribution < 1.29 is 9.90 Å². The van der Waals surface area contributed by atoms with Crippen LogP contribution in [0.15, 0.2) is 36.4 Å². The largest absolute Gasteiger partial charge is 0.384 e.